The first-order valence-corrected chi connectivity index (χ1v) is 6.39. The minimum Gasteiger partial charge on any atom is -0.444 e. The lowest BCUT2D eigenvalue weighted by atomic mass is 10.1. The van der Waals surface area contributed by atoms with Gasteiger partial charge in [0.05, 0.1) is 5.69 Å². The Hall–Kier alpha value is -1.43. The van der Waals surface area contributed by atoms with Crippen LogP contribution in [0.15, 0.2) is 16.6 Å². The number of rotatable bonds is 2. The summed E-state index contributed by atoms with van der Waals surface area (Å²) in [5.41, 5.74) is -0.797. The molecule has 1 N–H and O–H groups in total. The molecule has 0 saturated heterocycles. The highest BCUT2D eigenvalue weighted by molar-refractivity contribution is 9.10. The SMILES string of the molecule is CC(=O)c1cc(Br)cc(F)c1NC(=O)OC(C)(C)C. The van der Waals surface area contributed by atoms with Crippen LogP contribution < -0.4 is 5.32 Å². The fourth-order valence-electron chi connectivity index (χ4n) is 1.38. The van der Waals surface area contributed by atoms with E-state index in [9.17, 15) is 14.0 Å². The van der Waals surface area contributed by atoms with Gasteiger partial charge in [-0.15, -0.1) is 0 Å². The number of ether oxygens (including phenoxy) is 1. The van der Waals surface area contributed by atoms with Crippen LogP contribution in [0.5, 0.6) is 0 Å². The van der Waals surface area contributed by atoms with E-state index in [1.54, 1.807) is 20.8 Å². The van der Waals surface area contributed by atoms with Gasteiger partial charge in [0.25, 0.3) is 0 Å². The molecule has 0 unspecified atom stereocenters. The molecule has 4 nitrogen and oxygen atoms in total. The predicted molar refractivity (Wildman–Crippen MR) is 74.0 cm³/mol. The van der Waals surface area contributed by atoms with E-state index >= 15 is 0 Å². The molecular formula is C13H15BrFNO3. The number of halogens is 2. The first-order valence-electron chi connectivity index (χ1n) is 5.60. The molecule has 0 aliphatic rings. The van der Waals surface area contributed by atoms with Gasteiger partial charge in [0.1, 0.15) is 11.4 Å². The van der Waals surface area contributed by atoms with E-state index in [4.69, 9.17) is 4.74 Å². The van der Waals surface area contributed by atoms with Gasteiger partial charge in [-0.3, -0.25) is 10.1 Å². The monoisotopic (exact) mass is 331 g/mol. The third kappa shape index (κ3) is 4.63. The highest BCUT2D eigenvalue weighted by Crippen LogP contribution is 2.26. The van der Waals surface area contributed by atoms with Gasteiger partial charge in [-0.2, -0.15) is 0 Å². The van der Waals surface area contributed by atoms with Crippen molar-refractivity contribution >= 4 is 33.5 Å². The number of Topliss-reactive ketones (excluding diaryl/α,β-unsaturated/α-hetero) is 1. The van der Waals surface area contributed by atoms with Crippen LogP contribution in [0.1, 0.15) is 38.1 Å². The predicted octanol–water partition coefficient (Wildman–Crippen LogP) is 4.14. The maximum absolute atomic E-state index is 13.8. The molecule has 0 aliphatic heterocycles. The lowest BCUT2D eigenvalue weighted by Crippen LogP contribution is -2.28. The second kappa shape index (κ2) is 5.69. The fraction of sp³-hybridized carbons (Fsp3) is 0.385. The summed E-state index contributed by atoms with van der Waals surface area (Å²) in [4.78, 5) is 23.1. The molecule has 0 spiro atoms. The molecule has 0 radical (unpaired) electrons. The summed E-state index contributed by atoms with van der Waals surface area (Å²) >= 11 is 3.09. The topological polar surface area (TPSA) is 55.4 Å². The van der Waals surface area contributed by atoms with E-state index in [-0.39, 0.29) is 17.0 Å². The van der Waals surface area contributed by atoms with E-state index in [2.05, 4.69) is 21.2 Å². The Kier molecular flexibility index (Phi) is 4.68. The smallest absolute Gasteiger partial charge is 0.412 e. The number of hydrogen-bond acceptors (Lipinski definition) is 3. The molecule has 0 aliphatic carbocycles. The Balaban J connectivity index is 3.07. The summed E-state index contributed by atoms with van der Waals surface area (Å²) in [7, 11) is 0. The molecule has 0 fully saturated rings. The van der Waals surface area contributed by atoms with E-state index in [1.165, 1.54) is 19.1 Å². The highest BCUT2D eigenvalue weighted by atomic mass is 79.9. The summed E-state index contributed by atoms with van der Waals surface area (Å²) in [5.74, 6) is -1.06. The molecule has 1 rings (SSSR count). The molecule has 19 heavy (non-hydrogen) atoms. The minimum absolute atomic E-state index is 0.0812. The van der Waals surface area contributed by atoms with Gasteiger partial charge < -0.3 is 4.74 Å². The van der Waals surface area contributed by atoms with Gasteiger partial charge >= 0.3 is 6.09 Å². The van der Waals surface area contributed by atoms with E-state index in [0.29, 0.717) is 4.47 Å². The Morgan fingerprint density at radius 1 is 1.32 bits per heavy atom. The van der Waals surface area contributed by atoms with Crippen LogP contribution in [0, 0.1) is 5.82 Å². The molecule has 104 valence electrons. The first kappa shape index (κ1) is 15.6. The Labute approximate surface area is 119 Å². The summed E-state index contributed by atoms with van der Waals surface area (Å²) in [6.07, 6.45) is -0.809. The molecule has 0 saturated carbocycles. The summed E-state index contributed by atoms with van der Waals surface area (Å²) in [6.45, 7) is 6.37. The van der Waals surface area contributed by atoms with Crippen molar-refractivity contribution < 1.29 is 18.7 Å². The zero-order chi connectivity index (χ0) is 14.8. The maximum Gasteiger partial charge on any atom is 0.412 e. The average molecular weight is 332 g/mol. The molecule has 0 heterocycles. The normalized spacial score (nSPS) is 11.1. The van der Waals surface area contributed by atoms with Crippen molar-refractivity contribution in [3.63, 3.8) is 0 Å². The van der Waals surface area contributed by atoms with Crippen molar-refractivity contribution in [1.82, 2.24) is 0 Å². The van der Waals surface area contributed by atoms with Gasteiger partial charge in [-0.25, -0.2) is 9.18 Å². The second-order valence-electron chi connectivity index (χ2n) is 4.99. The quantitative estimate of drug-likeness (QED) is 0.828. The molecular weight excluding hydrogens is 317 g/mol. The molecule has 0 atom stereocenters. The van der Waals surface area contributed by atoms with Crippen LogP contribution in [-0.4, -0.2) is 17.5 Å². The fourth-order valence-corrected chi connectivity index (χ4v) is 1.81. The standard InChI is InChI=1S/C13H15BrFNO3/c1-7(17)9-5-8(14)6-10(15)11(9)16-12(18)19-13(2,3)4/h5-6H,1-4H3,(H,16,18). The number of nitrogens with one attached hydrogen (secondary N) is 1. The number of hydrogen-bond donors (Lipinski definition) is 1. The number of carbonyl (C=O) groups excluding carboxylic acids is 2. The summed E-state index contributed by atoms with van der Waals surface area (Å²) in [6, 6.07) is 2.61. The zero-order valence-corrected chi connectivity index (χ0v) is 12.7. The van der Waals surface area contributed by atoms with Crippen LogP contribution >= 0.6 is 15.9 Å². The van der Waals surface area contributed by atoms with Gasteiger partial charge in [0, 0.05) is 10.0 Å². The maximum atomic E-state index is 13.8. The zero-order valence-electron chi connectivity index (χ0n) is 11.1. The van der Waals surface area contributed by atoms with Crippen LogP contribution in [-0.2, 0) is 4.74 Å². The lowest BCUT2D eigenvalue weighted by Gasteiger charge is -2.20. The number of carbonyl (C=O) groups is 2. The number of anilines is 1. The van der Waals surface area contributed by atoms with E-state index in [0.717, 1.165) is 0 Å². The highest BCUT2D eigenvalue weighted by Gasteiger charge is 2.20. The first-order chi connectivity index (χ1) is 8.60. The molecule has 1 amide bonds. The van der Waals surface area contributed by atoms with Gasteiger partial charge in [-0.05, 0) is 39.8 Å². The Bertz CT molecular complexity index is 523. The third-order valence-corrected chi connectivity index (χ3v) is 2.52. The lowest BCUT2D eigenvalue weighted by molar-refractivity contribution is 0.0635. The van der Waals surface area contributed by atoms with Crippen molar-refractivity contribution in [2.75, 3.05) is 5.32 Å². The van der Waals surface area contributed by atoms with E-state index in [1.807, 2.05) is 0 Å². The molecule has 0 bridgehead atoms. The van der Waals surface area contributed by atoms with E-state index < -0.39 is 17.5 Å². The molecule has 1 aromatic carbocycles. The molecule has 0 aromatic heterocycles. The van der Waals surface area contributed by atoms with Crippen molar-refractivity contribution in [2.24, 2.45) is 0 Å². The van der Waals surface area contributed by atoms with Crippen LogP contribution in [0.4, 0.5) is 14.9 Å². The largest absolute Gasteiger partial charge is 0.444 e. The molecule has 1 aromatic rings. The van der Waals surface area contributed by atoms with Gasteiger partial charge in [0.2, 0.25) is 0 Å². The van der Waals surface area contributed by atoms with Gasteiger partial charge in [0.15, 0.2) is 5.78 Å². The number of ketones is 1. The van der Waals surface area contributed by atoms with Crippen molar-refractivity contribution in [3.05, 3.63) is 28.0 Å². The molecule has 6 heteroatoms. The Morgan fingerprint density at radius 2 is 1.89 bits per heavy atom. The second-order valence-corrected chi connectivity index (χ2v) is 5.91. The average Bonchev–Trinajstić information content (AvgIpc) is 2.18. The minimum atomic E-state index is -0.809. The van der Waals surface area contributed by atoms with Gasteiger partial charge in [-0.1, -0.05) is 15.9 Å². The number of benzene rings is 1. The van der Waals surface area contributed by atoms with Crippen molar-refractivity contribution in [2.45, 2.75) is 33.3 Å². The summed E-state index contributed by atoms with van der Waals surface area (Å²) < 4.78 is 19.3. The number of amides is 1. The summed E-state index contributed by atoms with van der Waals surface area (Å²) in [5, 5.41) is 2.27. The Morgan fingerprint density at radius 3 is 2.37 bits per heavy atom. The van der Waals surface area contributed by atoms with Crippen LogP contribution in [0.25, 0.3) is 0 Å². The third-order valence-electron chi connectivity index (χ3n) is 2.06. The van der Waals surface area contributed by atoms with Crippen molar-refractivity contribution in [3.8, 4) is 0 Å². The van der Waals surface area contributed by atoms with Crippen molar-refractivity contribution in [1.29, 1.82) is 0 Å². The van der Waals surface area contributed by atoms with Crippen LogP contribution in [0.2, 0.25) is 0 Å². The van der Waals surface area contributed by atoms with Crippen LogP contribution in [0.3, 0.4) is 0 Å².